The van der Waals surface area contributed by atoms with Crippen molar-refractivity contribution in [2.75, 3.05) is 0 Å². The molecular weight excluding hydrogens is 328 g/mol. The fraction of sp³-hybridized carbons (Fsp3) is 0.120. The van der Waals surface area contributed by atoms with Gasteiger partial charge >= 0.3 is 0 Å². The van der Waals surface area contributed by atoms with E-state index in [4.69, 9.17) is 0 Å². The Morgan fingerprint density at radius 3 is 1.85 bits per heavy atom. The number of nitrogens with zero attached hydrogens (tertiary/aromatic N) is 2. The highest BCUT2D eigenvalue weighted by molar-refractivity contribution is 5.66. The summed E-state index contributed by atoms with van der Waals surface area (Å²) in [6.07, 6.45) is 5.65. The lowest BCUT2D eigenvalue weighted by molar-refractivity contribution is 0.960. The molecule has 2 aromatic carbocycles. The summed E-state index contributed by atoms with van der Waals surface area (Å²) in [6.45, 7) is 2.13. The summed E-state index contributed by atoms with van der Waals surface area (Å²) in [5.41, 5.74) is 8.42. The van der Waals surface area contributed by atoms with E-state index in [1.807, 2.05) is 36.7 Å². The van der Waals surface area contributed by atoms with Gasteiger partial charge in [0.05, 0.1) is 11.4 Å². The van der Waals surface area contributed by atoms with Crippen molar-refractivity contribution in [3.63, 3.8) is 0 Å². The lowest BCUT2D eigenvalue weighted by Gasteiger charge is -2.13. The van der Waals surface area contributed by atoms with Crippen LogP contribution in [0.4, 0.5) is 0 Å². The third kappa shape index (κ3) is 3.95. The van der Waals surface area contributed by atoms with Gasteiger partial charge in [-0.05, 0) is 61.2 Å². The molecule has 0 atom stereocenters. The highest BCUT2D eigenvalue weighted by Gasteiger charge is 2.10. The van der Waals surface area contributed by atoms with E-state index < -0.39 is 0 Å². The molecule has 0 bridgehead atoms. The Morgan fingerprint density at radius 1 is 0.593 bits per heavy atom. The lowest BCUT2D eigenvalue weighted by atomic mass is 9.93. The fourth-order valence-electron chi connectivity index (χ4n) is 3.45. The smallest absolute Gasteiger partial charge is 0.0704 e. The molecule has 0 N–H and O–H groups in total. The second-order valence-electron chi connectivity index (χ2n) is 6.75. The molecule has 2 aromatic heterocycles. The zero-order valence-corrected chi connectivity index (χ0v) is 15.5. The van der Waals surface area contributed by atoms with Crippen LogP contribution >= 0.6 is 0 Å². The largest absolute Gasteiger partial charge is 0.256 e. The van der Waals surface area contributed by atoms with Gasteiger partial charge in [-0.2, -0.15) is 0 Å². The maximum Gasteiger partial charge on any atom is 0.0704 e. The predicted molar refractivity (Wildman–Crippen MR) is 111 cm³/mol. The van der Waals surface area contributed by atoms with Crippen molar-refractivity contribution in [1.29, 1.82) is 0 Å². The van der Waals surface area contributed by atoms with Gasteiger partial charge in [-0.3, -0.25) is 9.97 Å². The van der Waals surface area contributed by atoms with Crippen LogP contribution in [0.1, 0.15) is 16.7 Å². The number of benzene rings is 2. The van der Waals surface area contributed by atoms with Crippen LogP contribution in [0.2, 0.25) is 0 Å². The van der Waals surface area contributed by atoms with E-state index in [1.54, 1.807) is 0 Å². The first-order valence-corrected chi connectivity index (χ1v) is 9.31. The van der Waals surface area contributed by atoms with Crippen molar-refractivity contribution in [2.45, 2.75) is 19.8 Å². The first-order chi connectivity index (χ1) is 13.3. The summed E-state index contributed by atoms with van der Waals surface area (Å²) in [7, 11) is 0. The van der Waals surface area contributed by atoms with E-state index in [-0.39, 0.29) is 0 Å². The van der Waals surface area contributed by atoms with E-state index in [1.165, 1.54) is 27.8 Å². The van der Waals surface area contributed by atoms with E-state index in [0.29, 0.717) is 0 Å². The number of aryl methyl sites for hydroxylation is 3. The molecule has 0 radical (unpaired) electrons. The van der Waals surface area contributed by atoms with Crippen molar-refractivity contribution >= 4 is 0 Å². The van der Waals surface area contributed by atoms with Gasteiger partial charge in [0, 0.05) is 23.5 Å². The number of rotatable bonds is 5. The molecule has 0 fully saturated rings. The number of hydrogen-bond donors (Lipinski definition) is 0. The first-order valence-electron chi connectivity index (χ1n) is 9.31. The molecule has 27 heavy (non-hydrogen) atoms. The monoisotopic (exact) mass is 350 g/mol. The molecule has 0 aliphatic rings. The van der Waals surface area contributed by atoms with Crippen LogP contribution < -0.4 is 0 Å². The molecular formula is C25H22N2. The molecule has 0 saturated carbocycles. The zero-order chi connectivity index (χ0) is 18.5. The van der Waals surface area contributed by atoms with E-state index in [9.17, 15) is 0 Å². The molecule has 0 aliphatic carbocycles. The van der Waals surface area contributed by atoms with Crippen LogP contribution in [0, 0.1) is 6.92 Å². The Kier molecular flexibility index (Phi) is 5.06. The molecule has 2 nitrogen and oxygen atoms in total. The van der Waals surface area contributed by atoms with Crippen molar-refractivity contribution < 1.29 is 0 Å². The molecule has 132 valence electrons. The first kappa shape index (κ1) is 17.2. The summed E-state index contributed by atoms with van der Waals surface area (Å²) < 4.78 is 0. The van der Waals surface area contributed by atoms with Gasteiger partial charge in [0.15, 0.2) is 0 Å². The van der Waals surface area contributed by atoms with Gasteiger partial charge in [0.25, 0.3) is 0 Å². The Hall–Kier alpha value is -3.26. The van der Waals surface area contributed by atoms with Gasteiger partial charge in [-0.15, -0.1) is 0 Å². The fourth-order valence-corrected chi connectivity index (χ4v) is 3.45. The van der Waals surface area contributed by atoms with Crippen molar-refractivity contribution in [1.82, 2.24) is 9.97 Å². The Bertz CT molecular complexity index is 1020. The molecule has 0 saturated heterocycles. The molecule has 0 amide bonds. The Balaban J connectivity index is 1.64. The molecule has 2 heteroatoms. The van der Waals surface area contributed by atoms with Gasteiger partial charge in [-0.1, -0.05) is 54.1 Å². The highest BCUT2D eigenvalue weighted by Crippen LogP contribution is 2.27. The number of pyridine rings is 2. The normalized spacial score (nSPS) is 10.7. The average molecular weight is 350 g/mol. The molecule has 0 spiro atoms. The van der Waals surface area contributed by atoms with Crippen molar-refractivity contribution in [2.24, 2.45) is 0 Å². The average Bonchev–Trinajstić information content (AvgIpc) is 2.74. The van der Waals surface area contributed by atoms with Crippen LogP contribution in [0.3, 0.4) is 0 Å². The van der Waals surface area contributed by atoms with E-state index in [2.05, 4.69) is 71.5 Å². The molecule has 0 unspecified atom stereocenters. The minimum Gasteiger partial charge on any atom is -0.256 e. The standard InChI is InChI=1S/C25H22N2/c1-19-12-13-21(23(18-19)25-11-5-7-17-27-25)15-14-20-8-2-3-9-22(20)24-10-4-6-16-26-24/h2-13,16-18H,14-15H2,1H3. The third-order valence-corrected chi connectivity index (χ3v) is 4.83. The lowest BCUT2D eigenvalue weighted by Crippen LogP contribution is -1.98. The summed E-state index contributed by atoms with van der Waals surface area (Å²) in [4.78, 5) is 9.09. The highest BCUT2D eigenvalue weighted by atomic mass is 14.7. The maximum absolute atomic E-state index is 4.56. The molecule has 4 rings (SSSR count). The summed E-state index contributed by atoms with van der Waals surface area (Å²) >= 11 is 0. The van der Waals surface area contributed by atoms with Crippen molar-refractivity contribution in [3.8, 4) is 22.5 Å². The Labute approximate surface area is 160 Å². The summed E-state index contributed by atoms with van der Waals surface area (Å²) in [5, 5.41) is 0. The second-order valence-corrected chi connectivity index (χ2v) is 6.75. The summed E-state index contributed by atoms with van der Waals surface area (Å²) in [6, 6.07) is 27.4. The van der Waals surface area contributed by atoms with Crippen LogP contribution in [-0.4, -0.2) is 9.97 Å². The molecule has 4 aromatic rings. The number of hydrogen-bond acceptors (Lipinski definition) is 2. The van der Waals surface area contributed by atoms with Crippen LogP contribution in [0.15, 0.2) is 91.3 Å². The SMILES string of the molecule is Cc1ccc(CCc2ccccc2-c2ccccn2)c(-c2ccccn2)c1. The summed E-state index contributed by atoms with van der Waals surface area (Å²) in [5.74, 6) is 0. The van der Waals surface area contributed by atoms with E-state index in [0.717, 1.165) is 24.2 Å². The second kappa shape index (κ2) is 7.96. The Morgan fingerprint density at radius 2 is 1.19 bits per heavy atom. The van der Waals surface area contributed by atoms with Crippen molar-refractivity contribution in [3.05, 3.63) is 108 Å². The predicted octanol–water partition coefficient (Wildman–Crippen LogP) is 5.90. The third-order valence-electron chi connectivity index (χ3n) is 4.83. The minimum atomic E-state index is 0.968. The van der Waals surface area contributed by atoms with Gasteiger partial charge in [0.1, 0.15) is 0 Å². The quantitative estimate of drug-likeness (QED) is 0.447. The van der Waals surface area contributed by atoms with Gasteiger partial charge in [-0.25, -0.2) is 0 Å². The molecule has 2 heterocycles. The minimum absolute atomic E-state index is 0.968. The van der Waals surface area contributed by atoms with E-state index >= 15 is 0 Å². The number of aromatic nitrogens is 2. The van der Waals surface area contributed by atoms with Gasteiger partial charge < -0.3 is 0 Å². The van der Waals surface area contributed by atoms with Crippen LogP contribution in [-0.2, 0) is 12.8 Å². The topological polar surface area (TPSA) is 25.8 Å². The van der Waals surface area contributed by atoms with Crippen LogP contribution in [0.25, 0.3) is 22.5 Å². The zero-order valence-electron chi connectivity index (χ0n) is 15.5. The van der Waals surface area contributed by atoms with Crippen LogP contribution in [0.5, 0.6) is 0 Å². The molecule has 0 aliphatic heterocycles. The maximum atomic E-state index is 4.56. The van der Waals surface area contributed by atoms with Gasteiger partial charge in [0.2, 0.25) is 0 Å².